The molecular weight excluding hydrogens is 390 g/mol. The average molecular weight is 424 g/mol. The number of benzene rings is 1. The summed E-state index contributed by atoms with van der Waals surface area (Å²) in [6.45, 7) is 6.69. The van der Waals surface area contributed by atoms with Gasteiger partial charge in [0.05, 0.1) is 18.6 Å². The third-order valence-electron chi connectivity index (χ3n) is 6.45. The average Bonchev–Trinajstić information content (AvgIpc) is 2.72. The van der Waals surface area contributed by atoms with Crippen molar-refractivity contribution >= 4 is 15.9 Å². The van der Waals surface area contributed by atoms with Gasteiger partial charge in [0, 0.05) is 32.2 Å². The van der Waals surface area contributed by atoms with Crippen LogP contribution in [0, 0.1) is 11.8 Å². The van der Waals surface area contributed by atoms with Crippen molar-refractivity contribution < 1.29 is 17.9 Å². The minimum atomic E-state index is -3.52. The molecule has 1 saturated carbocycles. The summed E-state index contributed by atoms with van der Waals surface area (Å²) < 4.78 is 32.3. The molecule has 162 valence electrons. The highest BCUT2D eigenvalue weighted by Gasteiger charge is 2.31. The number of hydrogen-bond donors (Lipinski definition) is 1. The van der Waals surface area contributed by atoms with Gasteiger partial charge < -0.3 is 10.1 Å². The van der Waals surface area contributed by atoms with Crippen molar-refractivity contribution in [2.24, 2.45) is 11.8 Å². The molecule has 1 amide bonds. The standard InChI is InChI=1S/C21H33N3O4S/c1-16-5-4-6-20(17(16)2)22-21(25)15-23-11-13-24(14-12-23)29(26,27)19-9-7-18(28-3)8-10-19/h7-10,16-17,20H,4-6,11-15H2,1-3H3,(H,22,25)/t16-,17-,20+/m0/s1. The van der Waals surface area contributed by atoms with Gasteiger partial charge in [-0.1, -0.05) is 26.7 Å². The smallest absolute Gasteiger partial charge is 0.243 e. The minimum Gasteiger partial charge on any atom is -0.497 e. The number of rotatable bonds is 6. The molecule has 3 atom stereocenters. The Morgan fingerprint density at radius 1 is 1.10 bits per heavy atom. The number of carbonyl (C=O) groups excluding carboxylic acids is 1. The van der Waals surface area contributed by atoms with E-state index in [1.54, 1.807) is 31.4 Å². The van der Waals surface area contributed by atoms with E-state index in [0.717, 1.165) is 6.42 Å². The number of piperazine rings is 1. The van der Waals surface area contributed by atoms with E-state index in [9.17, 15) is 13.2 Å². The van der Waals surface area contributed by atoms with E-state index in [2.05, 4.69) is 19.2 Å². The van der Waals surface area contributed by atoms with Crippen LogP contribution in [0.1, 0.15) is 33.1 Å². The summed E-state index contributed by atoms with van der Waals surface area (Å²) in [6, 6.07) is 6.70. The quantitative estimate of drug-likeness (QED) is 0.757. The fourth-order valence-corrected chi connectivity index (χ4v) is 5.69. The predicted molar refractivity (Wildman–Crippen MR) is 112 cm³/mol. The van der Waals surface area contributed by atoms with E-state index in [4.69, 9.17) is 4.74 Å². The monoisotopic (exact) mass is 423 g/mol. The molecule has 2 aliphatic rings. The predicted octanol–water partition coefficient (Wildman–Crippen LogP) is 1.94. The van der Waals surface area contributed by atoms with Crippen molar-refractivity contribution in [1.82, 2.24) is 14.5 Å². The maximum absolute atomic E-state index is 12.8. The Labute approximate surface area is 174 Å². The molecule has 1 aliphatic heterocycles. The largest absolute Gasteiger partial charge is 0.497 e. The molecule has 1 N–H and O–H groups in total. The maximum Gasteiger partial charge on any atom is 0.243 e. The second kappa shape index (κ2) is 9.45. The van der Waals surface area contributed by atoms with Crippen LogP contribution in [-0.2, 0) is 14.8 Å². The lowest BCUT2D eigenvalue weighted by Crippen LogP contribution is -2.52. The van der Waals surface area contributed by atoms with Crippen LogP contribution in [0.3, 0.4) is 0 Å². The number of nitrogens with one attached hydrogen (secondary N) is 1. The topological polar surface area (TPSA) is 79.0 Å². The molecule has 0 spiro atoms. The van der Waals surface area contributed by atoms with E-state index in [1.807, 2.05) is 4.90 Å². The Balaban J connectivity index is 1.50. The number of amides is 1. The van der Waals surface area contributed by atoms with Crippen molar-refractivity contribution in [2.75, 3.05) is 39.8 Å². The molecule has 0 radical (unpaired) electrons. The Hall–Kier alpha value is -1.64. The van der Waals surface area contributed by atoms with Gasteiger partial charge in [-0.05, 0) is 42.5 Å². The Morgan fingerprint density at radius 3 is 2.38 bits per heavy atom. The molecule has 1 aromatic rings. The lowest BCUT2D eigenvalue weighted by Gasteiger charge is -2.36. The lowest BCUT2D eigenvalue weighted by atomic mass is 9.78. The molecule has 1 aliphatic carbocycles. The Kier molecular flexibility index (Phi) is 7.19. The van der Waals surface area contributed by atoms with Crippen molar-refractivity contribution in [3.63, 3.8) is 0 Å². The zero-order chi connectivity index (χ0) is 21.0. The van der Waals surface area contributed by atoms with Crippen LogP contribution in [0.4, 0.5) is 0 Å². The number of hydrogen-bond acceptors (Lipinski definition) is 5. The van der Waals surface area contributed by atoms with E-state index in [-0.39, 0.29) is 16.8 Å². The highest BCUT2D eigenvalue weighted by atomic mass is 32.2. The first kappa shape index (κ1) is 22.1. The van der Waals surface area contributed by atoms with E-state index >= 15 is 0 Å². The number of nitrogens with zero attached hydrogens (tertiary/aromatic N) is 2. The molecule has 2 fully saturated rings. The van der Waals surface area contributed by atoms with Crippen LogP contribution in [0.5, 0.6) is 5.75 Å². The maximum atomic E-state index is 12.8. The summed E-state index contributed by atoms with van der Waals surface area (Å²) in [4.78, 5) is 14.8. The van der Waals surface area contributed by atoms with Crippen LogP contribution in [0.25, 0.3) is 0 Å². The number of carbonyl (C=O) groups is 1. The first-order valence-electron chi connectivity index (χ1n) is 10.5. The second-order valence-electron chi connectivity index (χ2n) is 8.30. The Morgan fingerprint density at radius 2 is 1.76 bits per heavy atom. The van der Waals surface area contributed by atoms with E-state index < -0.39 is 10.0 Å². The van der Waals surface area contributed by atoms with E-state index in [1.165, 1.54) is 17.1 Å². The Bertz CT molecular complexity index is 789. The summed E-state index contributed by atoms with van der Waals surface area (Å²) in [5, 5.41) is 3.20. The highest BCUT2D eigenvalue weighted by molar-refractivity contribution is 7.89. The van der Waals surface area contributed by atoms with Gasteiger partial charge >= 0.3 is 0 Å². The summed E-state index contributed by atoms with van der Waals surface area (Å²) in [5.74, 6) is 1.81. The van der Waals surface area contributed by atoms with Crippen molar-refractivity contribution in [3.05, 3.63) is 24.3 Å². The van der Waals surface area contributed by atoms with Crippen molar-refractivity contribution in [3.8, 4) is 5.75 Å². The molecule has 3 rings (SSSR count). The molecule has 0 aromatic heterocycles. The van der Waals surface area contributed by atoms with Crippen LogP contribution in [0.2, 0.25) is 0 Å². The molecule has 7 nitrogen and oxygen atoms in total. The first-order valence-corrected chi connectivity index (χ1v) is 11.9. The number of methoxy groups -OCH3 is 1. The van der Waals surface area contributed by atoms with Crippen molar-refractivity contribution in [1.29, 1.82) is 0 Å². The fraction of sp³-hybridized carbons (Fsp3) is 0.667. The highest BCUT2D eigenvalue weighted by Crippen LogP contribution is 2.29. The molecule has 1 aromatic carbocycles. The lowest BCUT2D eigenvalue weighted by molar-refractivity contribution is -0.124. The second-order valence-corrected chi connectivity index (χ2v) is 10.2. The molecular formula is C21H33N3O4S. The zero-order valence-corrected chi connectivity index (χ0v) is 18.5. The van der Waals surface area contributed by atoms with Crippen molar-refractivity contribution in [2.45, 2.75) is 44.0 Å². The fourth-order valence-electron chi connectivity index (χ4n) is 4.27. The number of ether oxygens (including phenoxy) is 1. The van der Waals surface area contributed by atoms with Crippen LogP contribution >= 0.6 is 0 Å². The van der Waals surface area contributed by atoms with Gasteiger partial charge in [0.2, 0.25) is 15.9 Å². The zero-order valence-electron chi connectivity index (χ0n) is 17.6. The minimum absolute atomic E-state index is 0.0439. The SMILES string of the molecule is COc1ccc(S(=O)(=O)N2CCN(CC(=O)N[C@@H]3CCC[C@H](C)[C@@H]3C)CC2)cc1. The van der Waals surface area contributed by atoms with Gasteiger partial charge in [0.15, 0.2) is 0 Å². The van der Waals surface area contributed by atoms with Gasteiger partial charge in [-0.2, -0.15) is 4.31 Å². The summed E-state index contributed by atoms with van der Waals surface area (Å²) in [7, 11) is -1.97. The molecule has 0 unspecified atom stereocenters. The molecule has 8 heteroatoms. The summed E-state index contributed by atoms with van der Waals surface area (Å²) in [5.41, 5.74) is 0. The summed E-state index contributed by atoms with van der Waals surface area (Å²) in [6.07, 6.45) is 3.45. The van der Waals surface area contributed by atoms with E-state index in [0.29, 0.717) is 50.3 Å². The first-order chi connectivity index (χ1) is 13.8. The van der Waals surface area contributed by atoms with Gasteiger partial charge in [0.25, 0.3) is 0 Å². The molecule has 0 bridgehead atoms. The normalized spacial score (nSPS) is 26.8. The number of sulfonamides is 1. The van der Waals surface area contributed by atoms with Gasteiger partial charge in [-0.3, -0.25) is 9.69 Å². The van der Waals surface area contributed by atoms with Crippen LogP contribution < -0.4 is 10.1 Å². The van der Waals surface area contributed by atoms with Gasteiger partial charge in [0.1, 0.15) is 5.75 Å². The third-order valence-corrected chi connectivity index (χ3v) is 8.36. The molecule has 1 saturated heterocycles. The van der Waals surface area contributed by atoms with Gasteiger partial charge in [-0.15, -0.1) is 0 Å². The molecule has 29 heavy (non-hydrogen) atoms. The third kappa shape index (κ3) is 5.29. The molecule has 1 heterocycles. The van der Waals surface area contributed by atoms with Crippen LogP contribution in [-0.4, -0.2) is 69.4 Å². The summed E-state index contributed by atoms with van der Waals surface area (Å²) >= 11 is 0. The van der Waals surface area contributed by atoms with Gasteiger partial charge in [-0.25, -0.2) is 8.42 Å². The van der Waals surface area contributed by atoms with Crippen LogP contribution in [0.15, 0.2) is 29.2 Å².